The van der Waals surface area contributed by atoms with E-state index in [2.05, 4.69) is 42.7 Å². The van der Waals surface area contributed by atoms with Crippen molar-refractivity contribution in [3.63, 3.8) is 0 Å². The number of hydrogen-bond acceptors (Lipinski definition) is 6. The smallest absolute Gasteiger partial charge is 0.254 e. The van der Waals surface area contributed by atoms with E-state index in [1.165, 1.54) is 42.6 Å². The van der Waals surface area contributed by atoms with Crippen molar-refractivity contribution < 1.29 is 0 Å². The molecule has 1 aliphatic carbocycles. The molecule has 5 rings (SSSR count). The Morgan fingerprint density at radius 3 is 2.74 bits per heavy atom. The summed E-state index contributed by atoms with van der Waals surface area (Å²) in [4.78, 5) is 13.6. The summed E-state index contributed by atoms with van der Waals surface area (Å²) in [6.07, 6.45) is 6.55. The van der Waals surface area contributed by atoms with Crippen LogP contribution in [-0.4, -0.2) is 60.4 Å². The standard InChI is InChI=1S/C19H26N8/c1-14-11-18(27-19(22-14)20-13-21-27)26-9-7-25(8-10-26)12-16-15-5-3-4-6-17(15)24(2)23-16/h11,13H,3-10,12H2,1-2H3. The van der Waals surface area contributed by atoms with E-state index in [1.54, 1.807) is 6.33 Å². The maximum atomic E-state index is 4.84. The Bertz CT molecular complexity index is 964. The summed E-state index contributed by atoms with van der Waals surface area (Å²) in [5.41, 5.74) is 5.24. The fourth-order valence-corrected chi connectivity index (χ4v) is 4.47. The largest absolute Gasteiger partial charge is 0.354 e. The maximum Gasteiger partial charge on any atom is 0.254 e. The molecule has 0 spiro atoms. The van der Waals surface area contributed by atoms with Crippen molar-refractivity contribution in [1.82, 2.24) is 34.3 Å². The van der Waals surface area contributed by atoms with Gasteiger partial charge in [0.2, 0.25) is 0 Å². The molecule has 0 unspecified atom stereocenters. The highest BCUT2D eigenvalue weighted by molar-refractivity contribution is 5.47. The third kappa shape index (κ3) is 2.97. The van der Waals surface area contributed by atoms with Gasteiger partial charge in [-0.1, -0.05) is 0 Å². The monoisotopic (exact) mass is 366 g/mol. The zero-order chi connectivity index (χ0) is 18.4. The minimum Gasteiger partial charge on any atom is -0.354 e. The molecule has 4 heterocycles. The van der Waals surface area contributed by atoms with E-state index in [-0.39, 0.29) is 0 Å². The molecule has 2 aliphatic rings. The molecule has 0 aromatic carbocycles. The van der Waals surface area contributed by atoms with Crippen molar-refractivity contribution >= 4 is 11.6 Å². The van der Waals surface area contributed by atoms with Gasteiger partial charge in [-0.25, -0.2) is 4.98 Å². The molecule has 3 aromatic heterocycles. The van der Waals surface area contributed by atoms with Crippen molar-refractivity contribution in [2.45, 2.75) is 39.2 Å². The Hall–Kier alpha value is -2.48. The summed E-state index contributed by atoms with van der Waals surface area (Å²) in [6, 6.07) is 2.10. The van der Waals surface area contributed by atoms with Crippen LogP contribution in [0.1, 0.15) is 35.5 Å². The first-order valence-electron chi connectivity index (χ1n) is 9.87. The molecular weight excluding hydrogens is 340 g/mol. The lowest BCUT2D eigenvalue weighted by Gasteiger charge is -2.35. The molecule has 0 saturated carbocycles. The molecule has 27 heavy (non-hydrogen) atoms. The number of aryl methyl sites for hydroxylation is 2. The average Bonchev–Trinajstić information content (AvgIpc) is 3.27. The molecule has 3 aromatic rings. The van der Waals surface area contributed by atoms with E-state index >= 15 is 0 Å². The molecule has 142 valence electrons. The molecule has 0 bridgehead atoms. The van der Waals surface area contributed by atoms with Gasteiger partial charge in [-0.3, -0.25) is 9.58 Å². The Kier molecular flexibility index (Phi) is 4.07. The van der Waals surface area contributed by atoms with E-state index in [9.17, 15) is 0 Å². The highest BCUT2D eigenvalue weighted by Gasteiger charge is 2.24. The van der Waals surface area contributed by atoms with Gasteiger partial charge in [0, 0.05) is 57.2 Å². The van der Waals surface area contributed by atoms with Crippen LogP contribution in [0.5, 0.6) is 0 Å². The first-order valence-corrected chi connectivity index (χ1v) is 9.87. The quantitative estimate of drug-likeness (QED) is 0.697. The van der Waals surface area contributed by atoms with Gasteiger partial charge in [0.05, 0.1) is 5.69 Å². The second-order valence-corrected chi connectivity index (χ2v) is 7.69. The van der Waals surface area contributed by atoms with E-state index in [4.69, 9.17) is 5.10 Å². The van der Waals surface area contributed by atoms with Gasteiger partial charge in [0.1, 0.15) is 12.1 Å². The van der Waals surface area contributed by atoms with Crippen molar-refractivity contribution in [3.05, 3.63) is 35.0 Å². The molecule has 0 radical (unpaired) electrons. The normalized spacial score (nSPS) is 18.2. The summed E-state index contributed by atoms with van der Waals surface area (Å²) in [7, 11) is 2.10. The predicted molar refractivity (Wildman–Crippen MR) is 103 cm³/mol. The number of piperazine rings is 1. The zero-order valence-electron chi connectivity index (χ0n) is 16.1. The van der Waals surface area contributed by atoms with Gasteiger partial charge in [0.25, 0.3) is 5.78 Å². The minimum atomic E-state index is 0.674. The molecular formula is C19H26N8. The number of anilines is 1. The predicted octanol–water partition coefficient (Wildman–Crippen LogP) is 1.37. The van der Waals surface area contributed by atoms with E-state index in [1.807, 2.05) is 11.4 Å². The molecule has 1 aliphatic heterocycles. The third-order valence-corrected chi connectivity index (χ3v) is 5.88. The topological polar surface area (TPSA) is 67.4 Å². The number of nitrogens with zero attached hydrogens (tertiary/aromatic N) is 8. The van der Waals surface area contributed by atoms with Crippen LogP contribution in [-0.2, 0) is 26.4 Å². The number of fused-ring (bicyclic) bond motifs is 2. The lowest BCUT2D eigenvalue weighted by molar-refractivity contribution is 0.245. The van der Waals surface area contributed by atoms with Gasteiger partial charge in [-0.2, -0.15) is 19.7 Å². The molecule has 0 amide bonds. The second-order valence-electron chi connectivity index (χ2n) is 7.69. The van der Waals surface area contributed by atoms with Crippen LogP contribution in [0.15, 0.2) is 12.4 Å². The van der Waals surface area contributed by atoms with Crippen LogP contribution >= 0.6 is 0 Å². The first kappa shape index (κ1) is 16.7. The van der Waals surface area contributed by atoms with Crippen LogP contribution in [0.4, 0.5) is 5.82 Å². The lowest BCUT2D eigenvalue weighted by Crippen LogP contribution is -2.46. The molecule has 1 saturated heterocycles. The zero-order valence-corrected chi connectivity index (χ0v) is 16.1. The number of aromatic nitrogens is 6. The van der Waals surface area contributed by atoms with Crippen LogP contribution in [0.3, 0.4) is 0 Å². The molecule has 0 N–H and O–H groups in total. The van der Waals surface area contributed by atoms with Crippen molar-refractivity contribution in [2.75, 3.05) is 31.1 Å². The van der Waals surface area contributed by atoms with Gasteiger partial charge < -0.3 is 4.90 Å². The van der Waals surface area contributed by atoms with Gasteiger partial charge in [-0.05, 0) is 38.2 Å². The SMILES string of the molecule is Cc1cc(N2CCN(Cc3nn(C)c4c3CCCC4)CC2)n2ncnc2n1. The summed E-state index contributed by atoms with van der Waals surface area (Å²) in [5, 5.41) is 9.19. The van der Waals surface area contributed by atoms with Crippen LogP contribution in [0.2, 0.25) is 0 Å². The van der Waals surface area contributed by atoms with Crippen molar-refractivity contribution in [3.8, 4) is 0 Å². The number of hydrogen-bond donors (Lipinski definition) is 0. The first-order chi connectivity index (χ1) is 13.2. The highest BCUT2D eigenvalue weighted by Crippen LogP contribution is 2.25. The average molecular weight is 366 g/mol. The molecule has 1 fully saturated rings. The summed E-state index contributed by atoms with van der Waals surface area (Å²) in [5.74, 6) is 1.76. The Morgan fingerprint density at radius 2 is 1.89 bits per heavy atom. The fourth-order valence-electron chi connectivity index (χ4n) is 4.47. The maximum absolute atomic E-state index is 4.84. The Labute approximate surface area is 158 Å². The Morgan fingerprint density at radius 1 is 1.07 bits per heavy atom. The van der Waals surface area contributed by atoms with Crippen molar-refractivity contribution in [1.29, 1.82) is 0 Å². The van der Waals surface area contributed by atoms with E-state index < -0.39 is 0 Å². The van der Waals surface area contributed by atoms with Gasteiger partial charge in [0.15, 0.2) is 0 Å². The molecule has 0 atom stereocenters. The number of rotatable bonds is 3. The van der Waals surface area contributed by atoms with E-state index in [0.717, 1.165) is 44.2 Å². The van der Waals surface area contributed by atoms with Gasteiger partial charge >= 0.3 is 0 Å². The molecule has 8 heteroatoms. The fraction of sp³-hybridized carbons (Fsp3) is 0.579. The summed E-state index contributed by atoms with van der Waals surface area (Å²) in [6.45, 7) is 7.00. The van der Waals surface area contributed by atoms with Gasteiger partial charge in [-0.15, -0.1) is 0 Å². The van der Waals surface area contributed by atoms with Crippen LogP contribution in [0, 0.1) is 6.92 Å². The van der Waals surface area contributed by atoms with Crippen LogP contribution in [0.25, 0.3) is 5.78 Å². The van der Waals surface area contributed by atoms with Crippen molar-refractivity contribution in [2.24, 2.45) is 7.05 Å². The summed E-state index contributed by atoms with van der Waals surface area (Å²) >= 11 is 0. The summed E-state index contributed by atoms with van der Waals surface area (Å²) < 4.78 is 3.96. The second kappa shape index (κ2) is 6.60. The highest BCUT2D eigenvalue weighted by atomic mass is 15.4. The minimum absolute atomic E-state index is 0.674. The molecule has 8 nitrogen and oxygen atoms in total. The van der Waals surface area contributed by atoms with Crippen LogP contribution < -0.4 is 4.90 Å². The third-order valence-electron chi connectivity index (χ3n) is 5.88. The van der Waals surface area contributed by atoms with E-state index in [0.29, 0.717) is 5.78 Å². The Balaban J connectivity index is 1.30. The lowest BCUT2D eigenvalue weighted by atomic mass is 9.95.